The molecule has 0 bridgehead atoms. The molecule has 0 saturated carbocycles. The monoisotopic (exact) mass is 463 g/mol. The highest BCUT2D eigenvalue weighted by Crippen LogP contribution is 2.38. The maximum atomic E-state index is 12.6. The summed E-state index contributed by atoms with van der Waals surface area (Å²) in [7, 11) is -9.90. The van der Waals surface area contributed by atoms with E-state index < -0.39 is 34.9 Å². The Hall–Kier alpha value is -2.28. The lowest BCUT2D eigenvalue weighted by molar-refractivity contribution is -0.0444. The maximum absolute atomic E-state index is 12.6. The molecule has 1 rings (SSSR count). The number of hydrogen-bond donors (Lipinski definition) is 0. The van der Waals surface area contributed by atoms with E-state index in [1.807, 2.05) is 19.0 Å². The van der Waals surface area contributed by atoms with Gasteiger partial charge in [-0.3, -0.25) is 0 Å². The van der Waals surface area contributed by atoms with Gasteiger partial charge in [-0.25, -0.2) is 16.8 Å². The van der Waals surface area contributed by atoms with E-state index in [1.54, 1.807) is 24.3 Å². The molecular weight excluding hydrogens is 448 g/mol. The van der Waals surface area contributed by atoms with Crippen LogP contribution in [0.25, 0.3) is 6.08 Å². The number of halogens is 6. The fraction of sp³-hybridized carbons (Fsp3) is 0.250. The average Bonchev–Trinajstić information content (AvgIpc) is 2.55. The summed E-state index contributed by atoms with van der Waals surface area (Å²) in [5.41, 5.74) is -11.0. The molecule has 0 N–H and O–H groups in total. The van der Waals surface area contributed by atoms with Crippen molar-refractivity contribution >= 4 is 31.4 Å². The molecule has 0 unspecified atom stereocenters. The summed E-state index contributed by atoms with van der Waals surface area (Å²) in [5, 5.41) is 0. The van der Waals surface area contributed by atoms with Gasteiger partial charge in [0.05, 0.1) is 0 Å². The van der Waals surface area contributed by atoms with Crippen LogP contribution in [0.4, 0.5) is 32.0 Å². The van der Waals surface area contributed by atoms with Gasteiger partial charge in [-0.2, -0.15) is 26.3 Å². The van der Waals surface area contributed by atoms with E-state index in [0.29, 0.717) is 11.6 Å². The van der Waals surface area contributed by atoms with Gasteiger partial charge in [0, 0.05) is 19.8 Å². The van der Waals surface area contributed by atoms with Gasteiger partial charge in [-0.1, -0.05) is 36.4 Å². The Bertz CT molecular complexity index is 971. The van der Waals surface area contributed by atoms with E-state index in [1.165, 1.54) is 12.2 Å². The molecule has 13 heteroatoms. The van der Waals surface area contributed by atoms with Crippen molar-refractivity contribution in [3.63, 3.8) is 0 Å². The summed E-state index contributed by atoms with van der Waals surface area (Å²) in [4.78, 5) is 1.82. The van der Waals surface area contributed by atoms with Crippen molar-refractivity contribution in [3.8, 4) is 0 Å². The van der Waals surface area contributed by atoms with Crippen molar-refractivity contribution in [2.45, 2.75) is 11.0 Å². The summed E-state index contributed by atoms with van der Waals surface area (Å²) in [6.07, 6.45) is 3.68. The third-order valence-corrected chi connectivity index (χ3v) is 7.16. The first-order chi connectivity index (χ1) is 13.0. The molecule has 0 fully saturated rings. The second-order valence-electron chi connectivity index (χ2n) is 5.61. The summed E-state index contributed by atoms with van der Waals surface area (Å²) >= 11 is 0. The van der Waals surface area contributed by atoms with Gasteiger partial charge in [0.2, 0.25) is 0 Å². The number of nitrogens with zero attached hydrogens (tertiary/aromatic N) is 1. The average molecular weight is 463 g/mol. The van der Waals surface area contributed by atoms with E-state index in [4.69, 9.17) is 0 Å². The van der Waals surface area contributed by atoms with Crippen LogP contribution in [0.2, 0.25) is 0 Å². The van der Waals surface area contributed by atoms with Crippen LogP contribution in [0, 0.1) is 0 Å². The molecule has 1 aromatic rings. The Morgan fingerprint density at radius 2 is 1.24 bits per heavy atom. The SMILES string of the molecule is CN(C)c1ccc(C=CC=CC=C(S(=O)(=O)C(F)(F)F)S(=O)(=O)C(F)(F)F)cc1. The van der Waals surface area contributed by atoms with E-state index in [0.717, 1.165) is 11.8 Å². The Labute approximate surface area is 163 Å². The minimum absolute atomic E-state index is 0.259. The lowest BCUT2D eigenvalue weighted by atomic mass is 10.2. The molecule has 0 amide bonds. The molecule has 162 valence electrons. The molecule has 5 nitrogen and oxygen atoms in total. The molecule has 0 atom stereocenters. The molecule has 0 aliphatic rings. The first kappa shape index (κ1) is 24.8. The van der Waals surface area contributed by atoms with Crippen LogP contribution in [0.5, 0.6) is 0 Å². The number of anilines is 1. The molecule has 29 heavy (non-hydrogen) atoms. The first-order valence-corrected chi connectivity index (χ1v) is 10.4. The number of hydrogen-bond acceptors (Lipinski definition) is 5. The van der Waals surface area contributed by atoms with Gasteiger partial charge < -0.3 is 4.90 Å². The van der Waals surface area contributed by atoms with Crippen molar-refractivity contribution in [2.75, 3.05) is 19.0 Å². The van der Waals surface area contributed by atoms with Crippen molar-refractivity contribution < 1.29 is 43.2 Å². The number of rotatable bonds is 6. The predicted molar refractivity (Wildman–Crippen MR) is 97.0 cm³/mol. The predicted octanol–water partition coefficient (Wildman–Crippen LogP) is 4.03. The van der Waals surface area contributed by atoms with Crippen LogP contribution >= 0.6 is 0 Å². The molecule has 0 heterocycles. The molecule has 0 aliphatic carbocycles. The van der Waals surface area contributed by atoms with E-state index in [2.05, 4.69) is 0 Å². The van der Waals surface area contributed by atoms with E-state index >= 15 is 0 Å². The Balaban J connectivity index is 3.25. The minimum atomic E-state index is -6.76. The third-order valence-electron chi connectivity index (χ3n) is 3.29. The highest BCUT2D eigenvalue weighted by molar-refractivity contribution is 8.15. The van der Waals surface area contributed by atoms with E-state index in [9.17, 15) is 43.2 Å². The highest BCUT2D eigenvalue weighted by atomic mass is 32.3. The fourth-order valence-corrected chi connectivity index (χ4v) is 4.49. The highest BCUT2D eigenvalue weighted by Gasteiger charge is 2.59. The molecule has 0 spiro atoms. The van der Waals surface area contributed by atoms with Crippen molar-refractivity contribution in [3.05, 3.63) is 58.4 Å². The van der Waals surface area contributed by atoms with Crippen LogP contribution in [-0.4, -0.2) is 41.9 Å². The standard InChI is InChI=1S/C16H15F6NO4S2/c1-23(2)13-10-8-12(9-11-13)6-4-3-5-7-14(28(24,25)15(17,18)19)29(26,27)16(20,21)22/h3-11H,1-2H3. The Kier molecular flexibility index (Phi) is 7.35. The zero-order valence-electron chi connectivity index (χ0n) is 14.9. The van der Waals surface area contributed by atoms with Crippen molar-refractivity contribution in [1.29, 1.82) is 0 Å². The van der Waals surface area contributed by atoms with Crippen LogP contribution < -0.4 is 4.90 Å². The summed E-state index contributed by atoms with van der Waals surface area (Å²) < 4.78 is 118. The van der Waals surface area contributed by atoms with E-state index in [-0.39, 0.29) is 6.08 Å². The number of alkyl halides is 6. The Morgan fingerprint density at radius 1 is 0.793 bits per heavy atom. The molecule has 0 saturated heterocycles. The van der Waals surface area contributed by atoms with Gasteiger partial charge in [0.1, 0.15) is 0 Å². The van der Waals surface area contributed by atoms with Gasteiger partial charge in [-0.15, -0.1) is 0 Å². The first-order valence-electron chi connectivity index (χ1n) is 7.47. The maximum Gasteiger partial charge on any atom is 0.502 e. The number of sulfone groups is 2. The second kappa shape index (κ2) is 8.61. The van der Waals surface area contributed by atoms with Gasteiger partial charge in [-0.05, 0) is 23.8 Å². The molecule has 1 aromatic carbocycles. The van der Waals surface area contributed by atoms with Gasteiger partial charge >= 0.3 is 11.0 Å². The van der Waals surface area contributed by atoms with Gasteiger partial charge in [0.15, 0.2) is 4.24 Å². The lowest BCUT2D eigenvalue weighted by Gasteiger charge is -2.13. The largest absolute Gasteiger partial charge is 0.502 e. The molecule has 0 aromatic heterocycles. The quantitative estimate of drug-likeness (QED) is 0.471. The summed E-state index contributed by atoms with van der Waals surface area (Å²) in [6.45, 7) is 0. The van der Waals surface area contributed by atoms with Gasteiger partial charge in [0.25, 0.3) is 19.7 Å². The van der Waals surface area contributed by atoms with Crippen LogP contribution in [0.1, 0.15) is 5.56 Å². The smallest absolute Gasteiger partial charge is 0.378 e. The van der Waals surface area contributed by atoms with Crippen LogP contribution in [0.15, 0.2) is 52.8 Å². The zero-order valence-corrected chi connectivity index (χ0v) is 16.5. The zero-order chi connectivity index (χ0) is 22.7. The van der Waals surface area contributed by atoms with Crippen molar-refractivity contribution in [1.82, 2.24) is 0 Å². The minimum Gasteiger partial charge on any atom is -0.378 e. The molecule has 0 radical (unpaired) electrons. The summed E-state index contributed by atoms with van der Waals surface area (Å²) in [5.74, 6) is 0. The van der Waals surface area contributed by atoms with Crippen molar-refractivity contribution in [2.24, 2.45) is 0 Å². The number of allylic oxidation sites excluding steroid dienone is 4. The lowest BCUT2D eigenvalue weighted by Crippen LogP contribution is -2.34. The third kappa shape index (κ3) is 5.85. The molecule has 0 aliphatic heterocycles. The normalized spacial score (nSPS) is 13.8. The molecular formula is C16H15F6NO4S2. The second-order valence-corrected chi connectivity index (χ2v) is 9.69. The topological polar surface area (TPSA) is 71.5 Å². The van der Waals surface area contributed by atoms with Crippen LogP contribution in [-0.2, 0) is 19.7 Å². The number of benzene rings is 1. The summed E-state index contributed by atoms with van der Waals surface area (Å²) in [6, 6.07) is 6.83. The Morgan fingerprint density at radius 3 is 1.62 bits per heavy atom. The van der Waals surface area contributed by atoms with Crippen LogP contribution in [0.3, 0.4) is 0 Å². The fourth-order valence-electron chi connectivity index (χ4n) is 1.80.